The highest BCUT2D eigenvalue weighted by Crippen LogP contribution is 2.37. The maximum Gasteiger partial charge on any atom is 0.416 e. The van der Waals surface area contributed by atoms with Gasteiger partial charge in [-0.3, -0.25) is 19.4 Å². The Kier molecular flexibility index (Phi) is 9.43. The van der Waals surface area contributed by atoms with E-state index in [1.165, 1.54) is 19.0 Å². The zero-order valence-corrected chi connectivity index (χ0v) is 24.1. The van der Waals surface area contributed by atoms with Gasteiger partial charge in [0.05, 0.1) is 11.1 Å². The van der Waals surface area contributed by atoms with Gasteiger partial charge >= 0.3 is 18.4 Å². The molecule has 2 saturated heterocycles. The van der Waals surface area contributed by atoms with Crippen molar-refractivity contribution in [1.29, 1.82) is 0 Å². The Labute approximate surface area is 246 Å². The highest BCUT2D eigenvalue weighted by molar-refractivity contribution is 5.97. The van der Waals surface area contributed by atoms with Crippen LogP contribution in [0, 0.1) is 0 Å². The standard InChI is InChI=1S/C30H34F6N4O3/c1-19-15-25(41)38(3)28(43)40(19)24-10-13-39(14-11-24)26(21-7-5-4-6-8-21)27(42)37(2)12-9-20-16-22(29(31,32)33)18-23(17-20)30(34,35)36/h4-8,16-19,24,26H,9-15H2,1-3H3/t19?,26-/m0/s1. The molecule has 0 aliphatic carbocycles. The molecule has 13 heteroatoms. The van der Waals surface area contributed by atoms with Crippen molar-refractivity contribution in [3.05, 3.63) is 70.8 Å². The molecule has 2 atom stereocenters. The summed E-state index contributed by atoms with van der Waals surface area (Å²) < 4.78 is 79.9. The van der Waals surface area contributed by atoms with Crippen LogP contribution in [0.4, 0.5) is 31.1 Å². The number of carbonyl (C=O) groups excluding carboxylic acids is 3. The highest BCUT2D eigenvalue weighted by atomic mass is 19.4. The molecule has 0 N–H and O–H groups in total. The average molecular weight is 613 g/mol. The van der Waals surface area contributed by atoms with Crippen molar-refractivity contribution in [2.45, 2.75) is 63.1 Å². The summed E-state index contributed by atoms with van der Waals surface area (Å²) >= 11 is 0. The topological polar surface area (TPSA) is 64.2 Å². The molecule has 4 amide bonds. The third kappa shape index (κ3) is 7.31. The van der Waals surface area contributed by atoms with Crippen LogP contribution >= 0.6 is 0 Å². The minimum Gasteiger partial charge on any atom is -0.344 e. The number of rotatable bonds is 7. The van der Waals surface area contributed by atoms with E-state index in [-0.39, 0.29) is 60.9 Å². The summed E-state index contributed by atoms with van der Waals surface area (Å²) in [5, 5.41) is 0. The van der Waals surface area contributed by atoms with Crippen LogP contribution in [0.2, 0.25) is 0 Å². The van der Waals surface area contributed by atoms with Crippen molar-refractivity contribution in [1.82, 2.24) is 19.6 Å². The van der Waals surface area contributed by atoms with Gasteiger partial charge in [-0.1, -0.05) is 30.3 Å². The fourth-order valence-electron chi connectivity index (χ4n) is 5.82. The van der Waals surface area contributed by atoms with Crippen LogP contribution in [0.15, 0.2) is 48.5 Å². The number of halogens is 6. The number of nitrogens with zero attached hydrogens (tertiary/aromatic N) is 4. The summed E-state index contributed by atoms with van der Waals surface area (Å²) in [4.78, 5) is 44.9. The summed E-state index contributed by atoms with van der Waals surface area (Å²) in [5.74, 6) is -0.579. The molecule has 0 bridgehead atoms. The van der Waals surface area contributed by atoms with Crippen LogP contribution in [0.5, 0.6) is 0 Å². The first kappa shape index (κ1) is 32.3. The van der Waals surface area contributed by atoms with Crippen molar-refractivity contribution in [3.8, 4) is 0 Å². The third-order valence-electron chi connectivity index (χ3n) is 8.19. The van der Waals surface area contributed by atoms with Gasteiger partial charge in [0.1, 0.15) is 6.04 Å². The minimum absolute atomic E-state index is 0.0848. The van der Waals surface area contributed by atoms with Gasteiger partial charge in [0, 0.05) is 52.2 Å². The number of carbonyl (C=O) groups is 3. The number of urea groups is 1. The second-order valence-electron chi connectivity index (χ2n) is 11.2. The summed E-state index contributed by atoms with van der Waals surface area (Å²) in [6.07, 6.45) is -8.77. The Bertz CT molecular complexity index is 1290. The van der Waals surface area contributed by atoms with Crippen LogP contribution in [-0.4, -0.2) is 83.3 Å². The molecule has 1 unspecified atom stereocenters. The van der Waals surface area contributed by atoms with Gasteiger partial charge in [-0.25, -0.2) is 4.79 Å². The van der Waals surface area contributed by atoms with Crippen LogP contribution in [0.25, 0.3) is 0 Å². The van der Waals surface area contributed by atoms with Crippen molar-refractivity contribution in [2.24, 2.45) is 0 Å². The maximum atomic E-state index is 13.8. The Balaban J connectivity index is 1.49. The van der Waals surface area contributed by atoms with Crippen molar-refractivity contribution < 1.29 is 40.7 Å². The van der Waals surface area contributed by atoms with E-state index in [0.717, 1.165) is 4.90 Å². The average Bonchev–Trinajstić information content (AvgIpc) is 2.95. The Hall–Kier alpha value is -3.61. The molecule has 0 spiro atoms. The van der Waals surface area contributed by atoms with Gasteiger partial charge < -0.3 is 9.80 Å². The minimum atomic E-state index is -4.95. The molecule has 2 fully saturated rings. The molecule has 2 aromatic rings. The predicted octanol–water partition coefficient (Wildman–Crippen LogP) is 5.60. The Morgan fingerprint density at radius 2 is 1.51 bits per heavy atom. The second kappa shape index (κ2) is 12.6. The lowest BCUT2D eigenvalue weighted by Crippen LogP contribution is -2.60. The number of piperidine rings is 1. The number of hydrogen-bond donors (Lipinski definition) is 0. The van der Waals surface area contributed by atoms with E-state index in [0.29, 0.717) is 43.6 Å². The first-order valence-electron chi connectivity index (χ1n) is 14.0. The first-order chi connectivity index (χ1) is 20.1. The number of alkyl halides is 6. The van der Waals surface area contributed by atoms with Crippen molar-refractivity contribution >= 4 is 17.8 Å². The normalized spacial score (nSPS) is 20.0. The SMILES string of the molecule is CC1CC(=O)N(C)C(=O)N1C1CCN([C@H](C(=O)N(C)CCc2cc(C(F)(F)F)cc(C(F)(F)F)c2)c2ccccc2)CC1. The molecule has 0 aromatic heterocycles. The molecule has 2 aliphatic heterocycles. The van der Waals surface area contributed by atoms with Crippen LogP contribution < -0.4 is 0 Å². The van der Waals surface area contributed by atoms with E-state index in [9.17, 15) is 40.7 Å². The number of benzene rings is 2. The maximum absolute atomic E-state index is 13.8. The highest BCUT2D eigenvalue weighted by Gasteiger charge is 2.41. The lowest BCUT2D eigenvalue weighted by atomic mass is 9.95. The molecule has 234 valence electrons. The molecular weight excluding hydrogens is 578 g/mol. The first-order valence-corrected chi connectivity index (χ1v) is 14.0. The fraction of sp³-hybridized carbons (Fsp3) is 0.500. The molecule has 0 radical (unpaired) electrons. The van der Waals surface area contributed by atoms with E-state index >= 15 is 0 Å². The van der Waals surface area contributed by atoms with Crippen LogP contribution in [0.3, 0.4) is 0 Å². The smallest absolute Gasteiger partial charge is 0.344 e. The molecule has 2 heterocycles. The van der Waals surface area contributed by atoms with Gasteiger partial charge in [-0.05, 0) is 55.5 Å². The summed E-state index contributed by atoms with van der Waals surface area (Å²) in [5.41, 5.74) is -2.27. The lowest BCUT2D eigenvalue weighted by Gasteiger charge is -2.46. The zero-order valence-electron chi connectivity index (χ0n) is 24.1. The molecule has 4 rings (SSSR count). The second-order valence-corrected chi connectivity index (χ2v) is 11.2. The van der Waals surface area contributed by atoms with E-state index < -0.39 is 29.5 Å². The van der Waals surface area contributed by atoms with Gasteiger partial charge in [0.25, 0.3) is 0 Å². The van der Waals surface area contributed by atoms with Gasteiger partial charge in [-0.15, -0.1) is 0 Å². The summed E-state index contributed by atoms with van der Waals surface area (Å²) in [6, 6.07) is 8.94. The summed E-state index contributed by atoms with van der Waals surface area (Å²) in [7, 11) is 2.94. The molecule has 0 saturated carbocycles. The van der Waals surface area contributed by atoms with Gasteiger partial charge in [-0.2, -0.15) is 26.3 Å². The number of imide groups is 1. The van der Waals surface area contributed by atoms with E-state index in [1.54, 1.807) is 35.2 Å². The van der Waals surface area contributed by atoms with Gasteiger partial charge in [0.15, 0.2) is 0 Å². The quantitative estimate of drug-likeness (QED) is 0.382. The van der Waals surface area contributed by atoms with E-state index in [1.807, 2.05) is 11.8 Å². The number of likely N-dealkylation sites (N-methyl/N-ethyl adjacent to an activating group) is 1. The zero-order chi connectivity index (χ0) is 31.7. The van der Waals surface area contributed by atoms with Crippen LogP contribution in [0.1, 0.15) is 54.5 Å². The molecule has 2 aromatic carbocycles. The fourth-order valence-corrected chi connectivity index (χ4v) is 5.82. The van der Waals surface area contributed by atoms with Gasteiger partial charge in [0.2, 0.25) is 11.8 Å². The molecule has 43 heavy (non-hydrogen) atoms. The lowest BCUT2D eigenvalue weighted by molar-refractivity contribution is -0.143. The number of hydrogen-bond acceptors (Lipinski definition) is 4. The summed E-state index contributed by atoms with van der Waals surface area (Å²) in [6.45, 7) is 2.65. The number of amides is 4. The van der Waals surface area contributed by atoms with E-state index in [4.69, 9.17) is 0 Å². The van der Waals surface area contributed by atoms with E-state index in [2.05, 4.69) is 0 Å². The Morgan fingerprint density at radius 3 is 2.05 bits per heavy atom. The Morgan fingerprint density at radius 1 is 0.953 bits per heavy atom. The monoisotopic (exact) mass is 612 g/mol. The molecule has 2 aliphatic rings. The third-order valence-corrected chi connectivity index (χ3v) is 8.19. The number of likely N-dealkylation sites (tertiary alicyclic amines) is 1. The van der Waals surface area contributed by atoms with Crippen LogP contribution in [-0.2, 0) is 28.4 Å². The largest absolute Gasteiger partial charge is 0.416 e. The predicted molar refractivity (Wildman–Crippen MR) is 146 cm³/mol. The van der Waals surface area contributed by atoms with Crippen molar-refractivity contribution in [3.63, 3.8) is 0 Å². The molecule has 7 nitrogen and oxygen atoms in total. The molecular formula is C30H34F6N4O3. The van der Waals surface area contributed by atoms with Crippen molar-refractivity contribution in [2.75, 3.05) is 33.7 Å².